The van der Waals surface area contributed by atoms with E-state index in [1.54, 1.807) is 29.2 Å². The molecule has 2 aromatic carbocycles. The molecule has 0 atom stereocenters. The van der Waals surface area contributed by atoms with Crippen molar-refractivity contribution in [3.8, 4) is 0 Å². The molecule has 0 aliphatic rings. The van der Waals surface area contributed by atoms with E-state index in [1.165, 1.54) is 23.1 Å². The average Bonchev–Trinajstić information content (AvgIpc) is 3.32. The summed E-state index contributed by atoms with van der Waals surface area (Å²) in [6, 6.07) is 14.2. The number of aromatic nitrogens is 2. The van der Waals surface area contributed by atoms with Crippen molar-refractivity contribution >= 4 is 61.8 Å². The van der Waals surface area contributed by atoms with E-state index in [9.17, 15) is 13.6 Å². The first-order chi connectivity index (χ1) is 15.4. The van der Waals surface area contributed by atoms with Gasteiger partial charge < -0.3 is 4.52 Å². The SMILES string of the molecule is Cc1noc(C)c1CSCC(=O)N(c1ccc(SC(F)F)cc1)c1nc2ccccc2s1. The summed E-state index contributed by atoms with van der Waals surface area (Å²) in [5.74, 6) is -1.07. The highest BCUT2D eigenvalue weighted by Gasteiger charge is 2.22. The number of amides is 1. The Kier molecular flexibility index (Phi) is 7.12. The van der Waals surface area contributed by atoms with Crippen molar-refractivity contribution in [1.82, 2.24) is 10.1 Å². The molecule has 32 heavy (non-hydrogen) atoms. The van der Waals surface area contributed by atoms with Crippen molar-refractivity contribution in [1.29, 1.82) is 0 Å². The van der Waals surface area contributed by atoms with Gasteiger partial charge in [-0.2, -0.15) is 8.78 Å². The first kappa shape index (κ1) is 22.8. The minimum absolute atomic E-state index is 0.143. The van der Waals surface area contributed by atoms with E-state index in [0.717, 1.165) is 27.2 Å². The van der Waals surface area contributed by atoms with E-state index < -0.39 is 5.76 Å². The number of benzene rings is 2. The minimum Gasteiger partial charge on any atom is -0.361 e. The lowest BCUT2D eigenvalue weighted by atomic mass is 10.2. The Morgan fingerprint density at radius 1 is 1.16 bits per heavy atom. The van der Waals surface area contributed by atoms with Crippen LogP contribution in [0, 0.1) is 13.8 Å². The first-order valence-electron chi connectivity index (χ1n) is 9.65. The van der Waals surface area contributed by atoms with Crippen LogP contribution < -0.4 is 4.90 Å². The van der Waals surface area contributed by atoms with Gasteiger partial charge in [-0.15, -0.1) is 11.8 Å². The van der Waals surface area contributed by atoms with Crippen LogP contribution >= 0.6 is 34.9 Å². The highest BCUT2D eigenvalue weighted by Crippen LogP contribution is 2.35. The third-order valence-corrected chi connectivity index (χ3v) is 7.38. The van der Waals surface area contributed by atoms with Crippen molar-refractivity contribution in [2.24, 2.45) is 0 Å². The van der Waals surface area contributed by atoms with Crippen LogP contribution in [-0.4, -0.2) is 27.6 Å². The molecule has 166 valence electrons. The van der Waals surface area contributed by atoms with E-state index in [2.05, 4.69) is 10.1 Å². The number of nitrogens with zero attached hydrogens (tertiary/aromatic N) is 3. The molecule has 0 spiro atoms. The lowest BCUT2D eigenvalue weighted by molar-refractivity contribution is -0.115. The number of alkyl halides is 2. The fourth-order valence-corrected chi connectivity index (χ4v) is 5.63. The van der Waals surface area contributed by atoms with E-state index in [-0.39, 0.29) is 11.7 Å². The summed E-state index contributed by atoms with van der Waals surface area (Å²) in [6.45, 7) is 3.73. The third kappa shape index (κ3) is 5.13. The smallest absolute Gasteiger partial charge is 0.288 e. The van der Waals surface area contributed by atoms with Gasteiger partial charge in [0.25, 0.3) is 5.76 Å². The van der Waals surface area contributed by atoms with Gasteiger partial charge in [-0.3, -0.25) is 9.69 Å². The maximum Gasteiger partial charge on any atom is 0.288 e. The fourth-order valence-electron chi connectivity index (χ4n) is 3.11. The summed E-state index contributed by atoms with van der Waals surface area (Å²) in [7, 11) is 0. The molecule has 0 unspecified atom stereocenters. The van der Waals surface area contributed by atoms with Crippen LogP contribution in [0.15, 0.2) is 57.9 Å². The Balaban J connectivity index is 1.58. The molecule has 4 rings (SSSR count). The molecule has 0 fully saturated rings. The predicted octanol–water partition coefficient (Wildman–Crippen LogP) is 6.81. The van der Waals surface area contributed by atoms with E-state index in [0.29, 0.717) is 33.2 Å². The Bertz CT molecular complexity index is 1170. The molecular formula is C22H19F2N3O2S3. The summed E-state index contributed by atoms with van der Waals surface area (Å²) in [4.78, 5) is 19.9. The zero-order valence-corrected chi connectivity index (χ0v) is 19.7. The second kappa shape index (κ2) is 10.0. The van der Waals surface area contributed by atoms with Crippen molar-refractivity contribution in [3.05, 3.63) is 65.5 Å². The van der Waals surface area contributed by atoms with Crippen molar-refractivity contribution in [3.63, 3.8) is 0 Å². The van der Waals surface area contributed by atoms with Gasteiger partial charge >= 0.3 is 0 Å². The molecule has 2 heterocycles. The van der Waals surface area contributed by atoms with E-state index in [4.69, 9.17) is 4.52 Å². The number of halogens is 2. The Hall–Kier alpha value is -2.43. The number of rotatable bonds is 8. The standard InChI is InChI=1S/C22H19F2N3O2S3/c1-13-17(14(2)29-26-13)11-30-12-20(28)27(15-7-9-16(10-8-15)31-21(23)24)22-25-18-5-3-4-6-19(18)32-22/h3-10,21H,11-12H2,1-2H3. The number of hydrogen-bond acceptors (Lipinski definition) is 7. The zero-order valence-electron chi connectivity index (χ0n) is 17.2. The molecule has 0 aliphatic heterocycles. The predicted molar refractivity (Wildman–Crippen MR) is 127 cm³/mol. The van der Waals surface area contributed by atoms with Crippen LogP contribution in [0.2, 0.25) is 0 Å². The topological polar surface area (TPSA) is 59.2 Å². The van der Waals surface area contributed by atoms with Gasteiger partial charge in [0.15, 0.2) is 5.13 Å². The number of thioether (sulfide) groups is 2. The van der Waals surface area contributed by atoms with Gasteiger partial charge in [0, 0.05) is 16.2 Å². The van der Waals surface area contributed by atoms with Gasteiger partial charge in [0.1, 0.15) is 5.76 Å². The molecule has 0 saturated heterocycles. The molecule has 0 aliphatic carbocycles. The normalized spacial score (nSPS) is 11.4. The maximum atomic E-state index is 13.3. The Morgan fingerprint density at radius 3 is 2.56 bits per heavy atom. The highest BCUT2D eigenvalue weighted by molar-refractivity contribution is 7.99. The Labute approximate surface area is 196 Å². The van der Waals surface area contributed by atoms with Crippen LogP contribution in [0.1, 0.15) is 17.0 Å². The number of anilines is 2. The second-order valence-corrected chi connectivity index (χ2v) is 9.92. The minimum atomic E-state index is -2.50. The first-order valence-corrected chi connectivity index (χ1v) is 12.5. The number of carbonyl (C=O) groups is 1. The van der Waals surface area contributed by atoms with Gasteiger partial charge in [-0.1, -0.05) is 40.4 Å². The number of para-hydroxylation sites is 1. The van der Waals surface area contributed by atoms with Crippen LogP contribution in [0.5, 0.6) is 0 Å². The quantitative estimate of drug-likeness (QED) is 0.252. The molecule has 0 radical (unpaired) electrons. The number of carbonyl (C=O) groups excluding carboxylic acids is 1. The number of fused-ring (bicyclic) bond motifs is 1. The largest absolute Gasteiger partial charge is 0.361 e. The summed E-state index contributed by atoms with van der Waals surface area (Å²) in [6.07, 6.45) is 0. The van der Waals surface area contributed by atoms with Crippen molar-refractivity contribution in [2.75, 3.05) is 10.7 Å². The van der Waals surface area contributed by atoms with Gasteiger partial charge in [0.2, 0.25) is 5.91 Å². The molecule has 4 aromatic rings. The number of thiazole rings is 1. The van der Waals surface area contributed by atoms with Crippen LogP contribution in [0.25, 0.3) is 10.2 Å². The molecule has 0 N–H and O–H groups in total. The lowest BCUT2D eigenvalue weighted by Crippen LogP contribution is -2.27. The highest BCUT2D eigenvalue weighted by atomic mass is 32.2. The molecule has 0 saturated carbocycles. The number of aryl methyl sites for hydroxylation is 2. The van der Waals surface area contributed by atoms with E-state index >= 15 is 0 Å². The summed E-state index contributed by atoms with van der Waals surface area (Å²) < 4.78 is 31.5. The summed E-state index contributed by atoms with van der Waals surface area (Å²) >= 11 is 3.35. The third-order valence-electron chi connectivity index (χ3n) is 4.70. The monoisotopic (exact) mass is 491 g/mol. The van der Waals surface area contributed by atoms with Gasteiger partial charge in [0.05, 0.1) is 27.4 Å². The van der Waals surface area contributed by atoms with Crippen molar-refractivity contribution in [2.45, 2.75) is 30.3 Å². The Morgan fingerprint density at radius 2 is 1.91 bits per heavy atom. The molecule has 5 nitrogen and oxygen atoms in total. The maximum absolute atomic E-state index is 13.3. The molecule has 10 heteroatoms. The lowest BCUT2D eigenvalue weighted by Gasteiger charge is -2.20. The van der Waals surface area contributed by atoms with Gasteiger partial charge in [-0.25, -0.2) is 4.98 Å². The summed E-state index contributed by atoms with van der Waals surface area (Å²) in [5.41, 5.74) is 3.20. The van der Waals surface area contributed by atoms with Crippen LogP contribution in [0.4, 0.5) is 19.6 Å². The molecular weight excluding hydrogens is 472 g/mol. The molecule has 2 aromatic heterocycles. The second-order valence-electron chi connectivity index (χ2n) is 6.86. The fraction of sp³-hybridized carbons (Fsp3) is 0.227. The number of hydrogen-bond donors (Lipinski definition) is 0. The van der Waals surface area contributed by atoms with Crippen LogP contribution in [0.3, 0.4) is 0 Å². The average molecular weight is 492 g/mol. The van der Waals surface area contributed by atoms with Crippen molar-refractivity contribution < 1.29 is 18.1 Å². The molecule has 1 amide bonds. The van der Waals surface area contributed by atoms with E-state index in [1.807, 2.05) is 38.1 Å². The zero-order chi connectivity index (χ0) is 22.7. The van der Waals surface area contributed by atoms with Gasteiger partial charge in [-0.05, 0) is 50.2 Å². The van der Waals surface area contributed by atoms with Crippen LogP contribution in [-0.2, 0) is 10.5 Å². The molecule has 0 bridgehead atoms. The summed E-state index contributed by atoms with van der Waals surface area (Å²) in [5, 5.41) is 4.49.